The normalized spacial score (nSPS) is 11.1. The first-order valence-electron chi connectivity index (χ1n) is 12.3. The molecule has 0 aliphatic carbocycles. The van der Waals surface area contributed by atoms with E-state index in [0.717, 1.165) is 22.4 Å². The number of hydrogen-bond donors (Lipinski definition) is 6. The van der Waals surface area contributed by atoms with E-state index in [1.165, 1.54) is 0 Å². The number of carboxylic acid groups (broad SMARTS) is 2. The highest BCUT2D eigenvalue weighted by Crippen LogP contribution is 2.23. The molecule has 0 aliphatic heterocycles. The number of aliphatic hydroxyl groups excluding tert-OH is 2. The minimum Gasteiger partial charge on any atom is -0.478 e. The number of anilines is 2. The highest BCUT2D eigenvalue weighted by atomic mass is 16.4. The Morgan fingerprint density at radius 3 is 2.20 bits per heavy atom. The Morgan fingerprint density at radius 1 is 0.975 bits per heavy atom. The summed E-state index contributed by atoms with van der Waals surface area (Å²) in [5.41, 5.74) is 4.73. The predicted octanol–water partition coefficient (Wildman–Crippen LogP) is 2.40. The van der Waals surface area contributed by atoms with Crippen molar-refractivity contribution in [2.75, 3.05) is 23.8 Å². The van der Waals surface area contributed by atoms with Crippen LogP contribution in [0.1, 0.15) is 30.9 Å². The Morgan fingerprint density at radius 2 is 1.65 bits per heavy atom. The average Bonchev–Trinajstić information content (AvgIpc) is 3.39. The minimum atomic E-state index is -1.26. The van der Waals surface area contributed by atoms with E-state index in [4.69, 9.17) is 10.2 Å². The molecule has 0 spiro atoms. The molecule has 3 aromatic heterocycles. The molecule has 0 fully saturated rings. The molecular weight excluding hydrogens is 518 g/mol. The number of aromatic nitrogens is 5. The van der Waals surface area contributed by atoms with Gasteiger partial charge in [-0.05, 0) is 23.6 Å². The summed E-state index contributed by atoms with van der Waals surface area (Å²) in [7, 11) is 0. The van der Waals surface area contributed by atoms with Crippen LogP contribution in [0.2, 0.25) is 0 Å². The molecule has 0 saturated carbocycles. The molecule has 0 aliphatic rings. The molecule has 0 unspecified atom stereocenters. The lowest BCUT2D eigenvalue weighted by molar-refractivity contribution is -0.134. The van der Waals surface area contributed by atoms with Crippen molar-refractivity contribution in [1.82, 2.24) is 24.6 Å². The Hall–Kier alpha value is -4.88. The van der Waals surface area contributed by atoms with Crippen molar-refractivity contribution in [3.63, 3.8) is 0 Å². The van der Waals surface area contributed by atoms with Gasteiger partial charge in [0.25, 0.3) is 0 Å². The molecule has 0 saturated heterocycles. The van der Waals surface area contributed by atoms with E-state index < -0.39 is 18.0 Å². The predicted molar refractivity (Wildman–Crippen MR) is 148 cm³/mol. The van der Waals surface area contributed by atoms with Crippen molar-refractivity contribution >= 4 is 29.5 Å². The average molecular weight is 550 g/mol. The summed E-state index contributed by atoms with van der Waals surface area (Å²) in [5, 5.41) is 45.2. The quantitative estimate of drug-likeness (QED) is 0.150. The maximum absolute atomic E-state index is 9.55. The molecule has 0 radical (unpaired) electrons. The van der Waals surface area contributed by atoms with Crippen LogP contribution >= 0.6 is 0 Å². The van der Waals surface area contributed by atoms with Gasteiger partial charge < -0.3 is 31.1 Å². The summed E-state index contributed by atoms with van der Waals surface area (Å²) in [6.45, 7) is 4.23. The number of aliphatic hydroxyl groups is 2. The second kappa shape index (κ2) is 14.3. The fourth-order valence-corrected chi connectivity index (χ4v) is 3.46. The highest BCUT2D eigenvalue weighted by molar-refractivity contribution is 5.89. The van der Waals surface area contributed by atoms with Gasteiger partial charge in [-0.2, -0.15) is 19.6 Å². The summed E-state index contributed by atoms with van der Waals surface area (Å²) in [6, 6.07) is 13.5. The Kier molecular flexibility index (Phi) is 10.6. The van der Waals surface area contributed by atoms with Crippen LogP contribution in [0.3, 0.4) is 0 Å². The minimum absolute atomic E-state index is 0.229. The third kappa shape index (κ3) is 8.31. The number of benzene rings is 1. The van der Waals surface area contributed by atoms with Crippen molar-refractivity contribution in [3.05, 3.63) is 78.1 Å². The molecule has 0 bridgehead atoms. The van der Waals surface area contributed by atoms with Gasteiger partial charge in [0.2, 0.25) is 11.9 Å². The number of nitrogens with one attached hydrogen (secondary N) is 2. The lowest BCUT2D eigenvalue weighted by atomic mass is 10.1. The zero-order valence-corrected chi connectivity index (χ0v) is 22.0. The van der Waals surface area contributed by atoms with Crippen LogP contribution in [-0.2, 0) is 16.1 Å². The van der Waals surface area contributed by atoms with Gasteiger partial charge in [-0.3, -0.25) is 4.98 Å². The Bertz CT molecular complexity index is 1420. The van der Waals surface area contributed by atoms with Gasteiger partial charge in [-0.15, -0.1) is 0 Å². The molecule has 13 nitrogen and oxygen atoms in total. The molecule has 1 aromatic carbocycles. The van der Waals surface area contributed by atoms with E-state index in [1.807, 2.05) is 42.5 Å². The number of hydrogen-bond acceptors (Lipinski definition) is 10. The number of aliphatic carboxylic acids is 2. The molecule has 210 valence electrons. The van der Waals surface area contributed by atoms with Gasteiger partial charge in [0, 0.05) is 36.0 Å². The number of rotatable bonds is 11. The van der Waals surface area contributed by atoms with E-state index in [0.29, 0.717) is 36.2 Å². The van der Waals surface area contributed by atoms with Gasteiger partial charge in [-0.25, -0.2) is 9.59 Å². The first-order valence-corrected chi connectivity index (χ1v) is 12.3. The Balaban J connectivity index is 0.000000482. The van der Waals surface area contributed by atoms with E-state index in [1.54, 1.807) is 16.9 Å². The van der Waals surface area contributed by atoms with Crippen LogP contribution in [0, 0.1) is 0 Å². The van der Waals surface area contributed by atoms with E-state index in [-0.39, 0.29) is 19.1 Å². The molecule has 3 heterocycles. The lowest BCUT2D eigenvalue weighted by Gasteiger charge is -2.15. The Labute approximate surface area is 229 Å². The van der Waals surface area contributed by atoms with Crippen LogP contribution < -0.4 is 10.6 Å². The molecule has 40 heavy (non-hydrogen) atoms. The molecule has 13 heteroatoms. The highest BCUT2D eigenvalue weighted by Gasteiger charge is 2.17. The third-order valence-electron chi connectivity index (χ3n) is 5.53. The molecule has 0 atom stereocenters. The van der Waals surface area contributed by atoms with Crippen molar-refractivity contribution in [2.45, 2.75) is 32.4 Å². The van der Waals surface area contributed by atoms with Gasteiger partial charge in [0.05, 0.1) is 31.1 Å². The number of fused-ring (bicyclic) bond motifs is 1. The fraction of sp³-hybridized carbons (Fsp3) is 0.259. The first kappa shape index (κ1) is 29.7. The summed E-state index contributed by atoms with van der Waals surface area (Å²) >= 11 is 0. The van der Waals surface area contributed by atoms with Gasteiger partial charge >= 0.3 is 11.9 Å². The van der Waals surface area contributed by atoms with E-state index in [2.05, 4.69) is 44.5 Å². The van der Waals surface area contributed by atoms with Crippen LogP contribution in [-0.4, -0.2) is 76.2 Å². The van der Waals surface area contributed by atoms with Crippen LogP contribution in [0.5, 0.6) is 0 Å². The van der Waals surface area contributed by atoms with Crippen molar-refractivity contribution in [3.8, 4) is 11.3 Å². The fourth-order valence-electron chi connectivity index (χ4n) is 3.46. The second-order valence-electron chi connectivity index (χ2n) is 8.84. The molecule has 6 N–H and O–H groups in total. The summed E-state index contributed by atoms with van der Waals surface area (Å²) in [4.78, 5) is 32.6. The van der Waals surface area contributed by atoms with Gasteiger partial charge in [-0.1, -0.05) is 44.2 Å². The SMILES string of the molecule is CC(C)c1cnn2c(NCc3ccc(-c4ccccn4)cc3)nc(NC(CO)CO)nc12.O=C(O)/C=C/C(=O)O. The van der Waals surface area contributed by atoms with Gasteiger partial charge in [0.1, 0.15) is 0 Å². The van der Waals surface area contributed by atoms with Crippen LogP contribution in [0.4, 0.5) is 11.9 Å². The number of pyridine rings is 1. The molecular formula is C27H31N7O6. The van der Waals surface area contributed by atoms with E-state index in [9.17, 15) is 19.8 Å². The summed E-state index contributed by atoms with van der Waals surface area (Å²) < 4.78 is 1.68. The van der Waals surface area contributed by atoms with Gasteiger partial charge in [0.15, 0.2) is 5.65 Å². The zero-order valence-electron chi connectivity index (χ0n) is 22.0. The standard InChI is InChI=1S/C23H27N7O2.C4H4O4/c1-15(2)19-12-26-30-21(19)28-22(27-18(13-31)14-32)29-23(30)25-11-16-6-8-17(9-7-16)20-5-3-4-10-24-20;5-3(6)1-2-4(7)8/h3-10,12,15,18,31-32H,11,13-14H2,1-2H3,(H2,25,27,28,29);1-2H,(H,5,6)(H,7,8)/b;2-1+. The largest absolute Gasteiger partial charge is 0.478 e. The zero-order chi connectivity index (χ0) is 29.1. The maximum Gasteiger partial charge on any atom is 0.328 e. The summed E-state index contributed by atoms with van der Waals surface area (Å²) in [6.07, 6.45) is 4.69. The smallest absolute Gasteiger partial charge is 0.328 e. The monoisotopic (exact) mass is 549 g/mol. The van der Waals surface area contributed by atoms with Crippen LogP contribution in [0.25, 0.3) is 16.9 Å². The number of carboxylic acids is 2. The number of carbonyl (C=O) groups is 2. The van der Waals surface area contributed by atoms with Crippen molar-refractivity contribution < 1.29 is 30.0 Å². The van der Waals surface area contributed by atoms with Crippen molar-refractivity contribution in [1.29, 1.82) is 0 Å². The van der Waals surface area contributed by atoms with Crippen molar-refractivity contribution in [2.24, 2.45) is 0 Å². The third-order valence-corrected chi connectivity index (χ3v) is 5.53. The summed E-state index contributed by atoms with van der Waals surface area (Å²) in [5.74, 6) is -1.44. The molecule has 0 amide bonds. The van der Waals surface area contributed by atoms with Crippen LogP contribution in [0.15, 0.2) is 67.0 Å². The topological polar surface area (TPSA) is 195 Å². The second-order valence-corrected chi connectivity index (χ2v) is 8.84. The number of nitrogens with zero attached hydrogens (tertiary/aromatic N) is 5. The molecule has 4 aromatic rings. The maximum atomic E-state index is 9.55. The van der Waals surface area contributed by atoms with E-state index >= 15 is 0 Å². The first-order chi connectivity index (χ1) is 19.2. The molecule has 4 rings (SSSR count). The lowest BCUT2D eigenvalue weighted by Crippen LogP contribution is -2.29.